The minimum absolute atomic E-state index is 0.0890. The van der Waals surface area contributed by atoms with Crippen molar-refractivity contribution in [1.29, 1.82) is 0 Å². The lowest BCUT2D eigenvalue weighted by Gasteiger charge is -2.44. The number of hydrogen-bond donors (Lipinski definition) is 0. The van der Waals surface area contributed by atoms with Crippen molar-refractivity contribution in [1.82, 2.24) is 0 Å². The van der Waals surface area contributed by atoms with Gasteiger partial charge in [0.2, 0.25) is 0 Å². The molecule has 140 valence electrons. The van der Waals surface area contributed by atoms with Crippen molar-refractivity contribution in [2.45, 2.75) is 113 Å². The zero-order valence-corrected chi connectivity index (χ0v) is 14.9. The van der Waals surface area contributed by atoms with E-state index in [2.05, 4.69) is 6.92 Å². The molecule has 0 aromatic heterocycles. The molecule has 3 saturated heterocycles. The van der Waals surface area contributed by atoms with Gasteiger partial charge in [0.25, 0.3) is 0 Å². The zero-order valence-electron chi connectivity index (χ0n) is 14.9. The summed E-state index contributed by atoms with van der Waals surface area (Å²) in [5.41, 5.74) is -0.0890. The van der Waals surface area contributed by atoms with Crippen molar-refractivity contribution in [2.24, 2.45) is 0 Å². The highest BCUT2D eigenvalue weighted by Crippen LogP contribution is 2.55. The van der Waals surface area contributed by atoms with Crippen LogP contribution in [0, 0.1) is 0 Å². The van der Waals surface area contributed by atoms with Gasteiger partial charge in [0.1, 0.15) is 6.10 Å². The van der Waals surface area contributed by atoms with Crippen LogP contribution >= 0.6 is 0 Å². The predicted molar refractivity (Wildman–Crippen MR) is 85.6 cm³/mol. The topological polar surface area (TPSA) is 71.1 Å². The lowest BCUT2D eigenvalue weighted by atomic mass is 9.76. The van der Waals surface area contributed by atoms with Gasteiger partial charge in [-0.25, -0.2) is 0 Å². The van der Waals surface area contributed by atoms with Crippen LogP contribution in [0.5, 0.6) is 0 Å². The van der Waals surface area contributed by atoms with Crippen molar-refractivity contribution in [3.05, 3.63) is 0 Å². The fourth-order valence-electron chi connectivity index (χ4n) is 5.62. The minimum atomic E-state index is -0.299. The molecular weight excluding hydrogens is 324 g/mol. The van der Waals surface area contributed by atoms with E-state index in [-0.39, 0.29) is 42.0 Å². The molecule has 2 saturated carbocycles. The van der Waals surface area contributed by atoms with E-state index in [0.717, 1.165) is 44.9 Å². The maximum Gasteiger partial charge on any atom is 0.373 e. The average Bonchev–Trinajstić information content (AvgIpc) is 3.11. The molecule has 5 aliphatic rings. The molecule has 0 aromatic rings. The van der Waals surface area contributed by atoms with Crippen molar-refractivity contribution >= 4 is 6.15 Å². The molecule has 2 spiro atoms. The molecule has 3 heterocycles. The van der Waals surface area contributed by atoms with Crippen LogP contribution in [0.3, 0.4) is 0 Å². The average molecular weight is 352 g/mol. The fraction of sp³-hybridized carbons (Fsp3) is 0.947. The van der Waals surface area contributed by atoms with Crippen LogP contribution in [-0.4, -0.2) is 48.1 Å². The van der Waals surface area contributed by atoms with Gasteiger partial charge in [0.15, 0.2) is 5.79 Å². The van der Waals surface area contributed by atoms with Crippen LogP contribution in [0.1, 0.15) is 71.1 Å². The van der Waals surface area contributed by atoms with Gasteiger partial charge in [-0.1, -0.05) is 13.3 Å². The monoisotopic (exact) mass is 352 g/mol. The zero-order chi connectivity index (χ0) is 17.5. The molecule has 6 nitrogen and oxygen atoms in total. The van der Waals surface area contributed by atoms with Gasteiger partial charge in [-0.05, 0) is 32.1 Å². The summed E-state index contributed by atoms with van der Waals surface area (Å²) in [6.45, 7) is 2.23. The molecule has 2 unspecified atom stereocenters. The SMILES string of the molecule is CCC1CC[C@@H]2O[C@@H]3C[C@]2(C[C@H]2OC4(CCCCC4)OC32)O1.O=C=O. The van der Waals surface area contributed by atoms with Gasteiger partial charge in [-0.15, -0.1) is 0 Å². The van der Waals surface area contributed by atoms with E-state index >= 15 is 0 Å². The first kappa shape index (κ1) is 17.6. The second-order valence-electron chi connectivity index (χ2n) is 8.16. The van der Waals surface area contributed by atoms with Crippen molar-refractivity contribution in [2.75, 3.05) is 0 Å². The Morgan fingerprint density at radius 2 is 1.68 bits per heavy atom. The minimum Gasteiger partial charge on any atom is -0.369 e. The number of hydrogen-bond acceptors (Lipinski definition) is 6. The molecule has 5 rings (SSSR count). The maximum absolute atomic E-state index is 8.12. The number of carbonyl (C=O) groups excluding carboxylic acids is 2. The molecule has 2 bridgehead atoms. The Kier molecular flexibility index (Phi) is 4.76. The van der Waals surface area contributed by atoms with E-state index in [1.54, 1.807) is 0 Å². The molecule has 25 heavy (non-hydrogen) atoms. The second-order valence-corrected chi connectivity index (χ2v) is 8.16. The van der Waals surface area contributed by atoms with Crippen molar-refractivity contribution < 1.29 is 28.5 Å². The first-order valence-electron chi connectivity index (χ1n) is 9.82. The summed E-state index contributed by atoms with van der Waals surface area (Å²) in [5, 5.41) is 0. The summed E-state index contributed by atoms with van der Waals surface area (Å²) in [6.07, 6.45) is 12.7. The lowest BCUT2D eigenvalue weighted by molar-refractivity contribution is -0.215. The maximum atomic E-state index is 8.12. The first-order chi connectivity index (χ1) is 12.1. The van der Waals surface area contributed by atoms with Crippen LogP contribution in [0.2, 0.25) is 0 Å². The van der Waals surface area contributed by atoms with Crippen LogP contribution in [0.15, 0.2) is 0 Å². The molecule has 0 aromatic carbocycles. The fourth-order valence-corrected chi connectivity index (χ4v) is 5.62. The van der Waals surface area contributed by atoms with E-state index in [4.69, 9.17) is 28.5 Å². The van der Waals surface area contributed by atoms with Gasteiger partial charge in [-0.3, -0.25) is 0 Å². The Labute approximate surface area is 148 Å². The highest BCUT2D eigenvalue weighted by molar-refractivity contribution is 5.20. The van der Waals surface area contributed by atoms with Crippen LogP contribution in [0.4, 0.5) is 0 Å². The molecule has 0 radical (unpaired) electrons. The second kappa shape index (κ2) is 6.75. The Balaban J connectivity index is 0.000000490. The molecule has 2 aliphatic carbocycles. The van der Waals surface area contributed by atoms with Gasteiger partial charge in [0, 0.05) is 25.7 Å². The molecule has 5 fully saturated rings. The van der Waals surface area contributed by atoms with E-state index in [0.29, 0.717) is 6.10 Å². The Morgan fingerprint density at radius 1 is 0.960 bits per heavy atom. The summed E-state index contributed by atoms with van der Waals surface area (Å²) in [4.78, 5) is 16.2. The molecule has 3 aliphatic heterocycles. The number of rotatable bonds is 1. The van der Waals surface area contributed by atoms with Crippen LogP contribution in [-0.2, 0) is 28.5 Å². The summed E-state index contributed by atoms with van der Waals surface area (Å²) in [7, 11) is 0. The number of fused-ring (bicyclic) bond motifs is 3. The van der Waals surface area contributed by atoms with Crippen LogP contribution < -0.4 is 0 Å². The predicted octanol–water partition coefficient (Wildman–Crippen LogP) is 2.74. The summed E-state index contributed by atoms with van der Waals surface area (Å²) in [6, 6.07) is 0. The van der Waals surface area contributed by atoms with E-state index < -0.39 is 0 Å². The Morgan fingerprint density at radius 3 is 2.40 bits per heavy atom. The van der Waals surface area contributed by atoms with E-state index in [1.165, 1.54) is 19.3 Å². The van der Waals surface area contributed by atoms with Gasteiger partial charge in [-0.2, -0.15) is 9.59 Å². The van der Waals surface area contributed by atoms with Gasteiger partial charge >= 0.3 is 6.15 Å². The third kappa shape index (κ3) is 2.98. The molecular formula is C19H28O6. The standard InChI is InChI=1S/C18H28O4.CO2/c1-2-12-6-7-15-17(20-12)10-13(19-15)16-14(11-17)21-18(22-16)8-4-3-5-9-18;2-1-3/h12-16H,2-11H2,1H3;/t12?,13-,14-,15+,16?,17-;/m1./s1. The highest BCUT2D eigenvalue weighted by Gasteiger charge is 2.65. The van der Waals surface area contributed by atoms with E-state index in [1.807, 2.05) is 0 Å². The highest BCUT2D eigenvalue weighted by atomic mass is 16.8. The molecule has 0 N–H and O–H groups in total. The third-order valence-corrected chi connectivity index (χ3v) is 6.69. The van der Waals surface area contributed by atoms with E-state index in [9.17, 15) is 0 Å². The van der Waals surface area contributed by atoms with Crippen LogP contribution in [0.25, 0.3) is 0 Å². The smallest absolute Gasteiger partial charge is 0.369 e. The Hall–Kier alpha value is -0.780. The van der Waals surface area contributed by atoms with Crippen molar-refractivity contribution in [3.63, 3.8) is 0 Å². The number of ether oxygens (including phenoxy) is 4. The summed E-state index contributed by atoms with van der Waals surface area (Å²) < 4.78 is 25.9. The first-order valence-corrected chi connectivity index (χ1v) is 9.82. The largest absolute Gasteiger partial charge is 0.373 e. The molecule has 0 amide bonds. The molecule has 6 heteroatoms. The third-order valence-electron chi connectivity index (χ3n) is 6.69. The summed E-state index contributed by atoms with van der Waals surface area (Å²) in [5.74, 6) is -0.299. The summed E-state index contributed by atoms with van der Waals surface area (Å²) >= 11 is 0. The normalized spacial score (nSPS) is 46.5. The Bertz CT molecular complexity index is 524. The lowest BCUT2D eigenvalue weighted by Crippen LogP contribution is -2.53. The quantitative estimate of drug-likeness (QED) is 0.723. The van der Waals surface area contributed by atoms with Gasteiger partial charge in [0.05, 0.1) is 30.0 Å². The van der Waals surface area contributed by atoms with Gasteiger partial charge < -0.3 is 18.9 Å². The molecule has 6 atom stereocenters. The van der Waals surface area contributed by atoms with Crippen molar-refractivity contribution in [3.8, 4) is 0 Å².